The first-order chi connectivity index (χ1) is 9.90. The number of hydrogen-bond acceptors (Lipinski definition) is 5. The molecule has 3 saturated heterocycles. The molecule has 0 radical (unpaired) electrons. The zero-order chi connectivity index (χ0) is 13.4. The van der Waals surface area contributed by atoms with Crippen molar-refractivity contribution in [1.29, 1.82) is 0 Å². The molecule has 0 aromatic carbocycles. The Labute approximate surface area is 120 Å². The zero-order valence-electron chi connectivity index (χ0n) is 11.8. The van der Waals surface area contributed by atoms with E-state index in [1.807, 2.05) is 18.5 Å². The van der Waals surface area contributed by atoms with Crippen LogP contribution in [0.5, 0.6) is 0 Å². The molecule has 0 amide bonds. The Morgan fingerprint density at radius 3 is 2.25 bits per heavy atom. The number of ether oxygens (including phenoxy) is 1. The molecular formula is C15H22N4O. The van der Waals surface area contributed by atoms with Gasteiger partial charge in [-0.3, -0.25) is 4.90 Å². The van der Waals surface area contributed by atoms with E-state index < -0.39 is 0 Å². The van der Waals surface area contributed by atoms with Crippen molar-refractivity contribution in [3.05, 3.63) is 18.5 Å². The van der Waals surface area contributed by atoms with Crippen molar-refractivity contribution < 1.29 is 4.74 Å². The van der Waals surface area contributed by atoms with Crippen LogP contribution in [0, 0.1) is 11.8 Å². The summed E-state index contributed by atoms with van der Waals surface area (Å²) in [5.74, 6) is 2.49. The molecule has 5 heteroatoms. The third-order valence-electron chi connectivity index (χ3n) is 5.06. The summed E-state index contributed by atoms with van der Waals surface area (Å²) in [7, 11) is 0. The molecule has 1 aromatic rings. The predicted octanol–water partition coefficient (Wildman–Crippen LogP) is 1.02. The van der Waals surface area contributed by atoms with E-state index in [4.69, 9.17) is 4.74 Å². The number of rotatable bonds is 2. The average Bonchev–Trinajstić information content (AvgIpc) is 3.08. The van der Waals surface area contributed by atoms with Crippen LogP contribution >= 0.6 is 0 Å². The molecule has 4 rings (SSSR count). The number of nitrogens with zero attached hydrogens (tertiary/aromatic N) is 4. The van der Waals surface area contributed by atoms with Gasteiger partial charge in [-0.05, 0) is 30.7 Å². The van der Waals surface area contributed by atoms with Gasteiger partial charge in [-0.25, -0.2) is 9.97 Å². The maximum atomic E-state index is 5.48. The second-order valence-electron chi connectivity index (χ2n) is 6.27. The monoisotopic (exact) mass is 274 g/mol. The molecule has 2 atom stereocenters. The molecule has 0 bridgehead atoms. The van der Waals surface area contributed by atoms with Gasteiger partial charge in [0, 0.05) is 57.8 Å². The highest BCUT2D eigenvalue weighted by Gasteiger charge is 2.42. The summed E-state index contributed by atoms with van der Waals surface area (Å²) < 4.78 is 5.48. The fourth-order valence-electron chi connectivity index (χ4n) is 4.00. The van der Waals surface area contributed by atoms with Gasteiger partial charge in [-0.1, -0.05) is 0 Å². The normalized spacial score (nSPS) is 31.7. The van der Waals surface area contributed by atoms with Gasteiger partial charge in [0.15, 0.2) is 0 Å². The van der Waals surface area contributed by atoms with Crippen LogP contribution in [-0.4, -0.2) is 60.3 Å². The molecule has 3 fully saturated rings. The minimum atomic E-state index is 0.760. The van der Waals surface area contributed by atoms with Crippen LogP contribution in [-0.2, 0) is 4.74 Å². The highest BCUT2D eigenvalue weighted by Crippen LogP contribution is 2.34. The van der Waals surface area contributed by atoms with Crippen LogP contribution in [0.1, 0.15) is 12.8 Å². The Hall–Kier alpha value is -1.20. The second kappa shape index (κ2) is 5.30. The smallest absolute Gasteiger partial charge is 0.225 e. The summed E-state index contributed by atoms with van der Waals surface area (Å²) in [6.45, 7) is 6.63. The predicted molar refractivity (Wildman–Crippen MR) is 76.6 cm³/mol. The van der Waals surface area contributed by atoms with Crippen molar-refractivity contribution in [3.63, 3.8) is 0 Å². The van der Waals surface area contributed by atoms with E-state index in [1.165, 1.54) is 25.9 Å². The van der Waals surface area contributed by atoms with Gasteiger partial charge in [0.25, 0.3) is 0 Å². The molecule has 0 N–H and O–H groups in total. The maximum Gasteiger partial charge on any atom is 0.225 e. The summed E-state index contributed by atoms with van der Waals surface area (Å²) in [6, 6.07) is 2.64. The van der Waals surface area contributed by atoms with E-state index >= 15 is 0 Å². The molecule has 4 heterocycles. The third-order valence-corrected chi connectivity index (χ3v) is 5.06. The summed E-state index contributed by atoms with van der Waals surface area (Å²) in [5.41, 5.74) is 0. The minimum Gasteiger partial charge on any atom is -0.381 e. The molecule has 3 aliphatic heterocycles. The molecule has 20 heavy (non-hydrogen) atoms. The first-order valence-electron chi connectivity index (χ1n) is 7.74. The first kappa shape index (κ1) is 12.5. The summed E-state index contributed by atoms with van der Waals surface area (Å²) in [4.78, 5) is 13.8. The number of fused-ring (bicyclic) bond motifs is 1. The Kier molecular flexibility index (Phi) is 3.32. The van der Waals surface area contributed by atoms with Crippen molar-refractivity contribution in [3.8, 4) is 0 Å². The molecule has 0 aliphatic carbocycles. The van der Waals surface area contributed by atoms with E-state index in [0.717, 1.165) is 50.1 Å². The van der Waals surface area contributed by atoms with Gasteiger partial charge >= 0.3 is 0 Å². The highest BCUT2D eigenvalue weighted by atomic mass is 16.5. The van der Waals surface area contributed by atoms with Gasteiger partial charge in [0.2, 0.25) is 5.95 Å². The van der Waals surface area contributed by atoms with Gasteiger partial charge in [0.1, 0.15) is 0 Å². The van der Waals surface area contributed by atoms with Crippen molar-refractivity contribution in [2.75, 3.05) is 44.3 Å². The number of likely N-dealkylation sites (tertiary alicyclic amines) is 1. The standard InChI is InChI=1S/C15H22N4O/c1-4-16-15(17-5-1)19-10-12-8-18(9-13(12)11-19)14-2-6-20-7-3-14/h1,4-5,12-14H,2-3,6-11H2/t12-,13+. The van der Waals surface area contributed by atoms with Crippen LogP contribution in [0.2, 0.25) is 0 Å². The Morgan fingerprint density at radius 2 is 1.60 bits per heavy atom. The lowest BCUT2D eigenvalue weighted by molar-refractivity contribution is 0.0401. The Morgan fingerprint density at radius 1 is 0.950 bits per heavy atom. The SMILES string of the molecule is c1cnc(N2C[C@@H]3CN(C4CCOCC4)C[C@@H]3C2)nc1. The van der Waals surface area contributed by atoms with Crippen molar-refractivity contribution >= 4 is 5.95 Å². The Balaban J connectivity index is 1.38. The van der Waals surface area contributed by atoms with Gasteiger partial charge in [-0.15, -0.1) is 0 Å². The van der Waals surface area contributed by atoms with E-state index in [-0.39, 0.29) is 0 Å². The zero-order valence-corrected chi connectivity index (χ0v) is 11.8. The molecule has 0 unspecified atom stereocenters. The summed E-state index contributed by atoms with van der Waals surface area (Å²) >= 11 is 0. The van der Waals surface area contributed by atoms with Crippen LogP contribution < -0.4 is 4.90 Å². The first-order valence-corrected chi connectivity index (χ1v) is 7.74. The van der Waals surface area contributed by atoms with Crippen LogP contribution in [0.3, 0.4) is 0 Å². The van der Waals surface area contributed by atoms with Crippen molar-refractivity contribution in [2.24, 2.45) is 11.8 Å². The summed E-state index contributed by atoms with van der Waals surface area (Å²) in [5, 5.41) is 0. The molecule has 1 aromatic heterocycles. The quantitative estimate of drug-likeness (QED) is 0.805. The Bertz CT molecular complexity index is 434. The van der Waals surface area contributed by atoms with Crippen molar-refractivity contribution in [2.45, 2.75) is 18.9 Å². The van der Waals surface area contributed by atoms with E-state index in [1.54, 1.807) is 0 Å². The number of anilines is 1. The van der Waals surface area contributed by atoms with E-state index in [9.17, 15) is 0 Å². The molecule has 108 valence electrons. The highest BCUT2D eigenvalue weighted by molar-refractivity contribution is 5.31. The average molecular weight is 274 g/mol. The molecule has 0 spiro atoms. The van der Waals surface area contributed by atoms with E-state index in [0.29, 0.717) is 0 Å². The fraction of sp³-hybridized carbons (Fsp3) is 0.733. The molecule has 3 aliphatic rings. The fourth-order valence-corrected chi connectivity index (χ4v) is 4.00. The lowest BCUT2D eigenvalue weighted by Crippen LogP contribution is -2.40. The van der Waals surface area contributed by atoms with E-state index in [2.05, 4.69) is 19.8 Å². The largest absolute Gasteiger partial charge is 0.381 e. The minimum absolute atomic E-state index is 0.760. The maximum absolute atomic E-state index is 5.48. The molecular weight excluding hydrogens is 252 g/mol. The molecule has 5 nitrogen and oxygen atoms in total. The third kappa shape index (κ3) is 2.29. The lowest BCUT2D eigenvalue weighted by atomic mass is 10.0. The van der Waals surface area contributed by atoms with Crippen LogP contribution in [0.4, 0.5) is 5.95 Å². The number of hydrogen-bond donors (Lipinski definition) is 0. The van der Waals surface area contributed by atoms with Gasteiger partial charge in [0.05, 0.1) is 0 Å². The number of aromatic nitrogens is 2. The van der Waals surface area contributed by atoms with Crippen LogP contribution in [0.15, 0.2) is 18.5 Å². The van der Waals surface area contributed by atoms with Gasteiger partial charge in [-0.2, -0.15) is 0 Å². The summed E-state index contributed by atoms with van der Waals surface area (Å²) in [6.07, 6.45) is 6.10. The van der Waals surface area contributed by atoms with Crippen LogP contribution in [0.25, 0.3) is 0 Å². The lowest BCUT2D eigenvalue weighted by Gasteiger charge is -2.32. The van der Waals surface area contributed by atoms with Gasteiger partial charge < -0.3 is 9.64 Å². The second-order valence-corrected chi connectivity index (χ2v) is 6.27. The topological polar surface area (TPSA) is 41.5 Å². The molecule has 0 saturated carbocycles. The van der Waals surface area contributed by atoms with Crippen molar-refractivity contribution in [1.82, 2.24) is 14.9 Å².